The van der Waals surface area contributed by atoms with Crippen molar-refractivity contribution in [1.82, 2.24) is 40.2 Å². The van der Waals surface area contributed by atoms with Gasteiger partial charge in [-0.1, -0.05) is 5.16 Å². The van der Waals surface area contributed by atoms with Crippen molar-refractivity contribution in [3.05, 3.63) is 29.8 Å². The third kappa shape index (κ3) is 5.17. The number of hydrogen-bond donors (Lipinski definition) is 2. The molecule has 2 aliphatic rings. The summed E-state index contributed by atoms with van der Waals surface area (Å²) in [5.74, 6) is 0.756. The van der Waals surface area contributed by atoms with Crippen LogP contribution in [0.15, 0.2) is 22.9 Å². The number of nitrogens with zero attached hydrogens (tertiary/aromatic N) is 7. The SMILES string of the molecule is Cc1nc(-c2ccc3c(-c4nc(N[C@H]5CC[C@H](C)NC5)ncc4C(F)(F)F)nn(C4CCCCO4)c3n2)no1. The zero-order valence-corrected chi connectivity index (χ0v) is 21.5. The fourth-order valence-electron chi connectivity index (χ4n) is 4.98. The molecule has 2 aliphatic heterocycles. The third-order valence-corrected chi connectivity index (χ3v) is 7.05. The van der Waals surface area contributed by atoms with E-state index in [1.807, 2.05) is 0 Å². The monoisotopic (exact) mass is 543 g/mol. The summed E-state index contributed by atoms with van der Waals surface area (Å²) in [6, 6.07) is 3.68. The number of aryl methyl sites for hydroxylation is 1. The first-order chi connectivity index (χ1) is 18.8. The quantitative estimate of drug-likeness (QED) is 0.371. The van der Waals surface area contributed by atoms with Crippen molar-refractivity contribution in [1.29, 1.82) is 0 Å². The summed E-state index contributed by atoms with van der Waals surface area (Å²) in [6.07, 6.45) is -0.112. The van der Waals surface area contributed by atoms with Crippen LogP contribution < -0.4 is 10.6 Å². The Hall–Kier alpha value is -3.65. The minimum absolute atomic E-state index is 0.00151. The summed E-state index contributed by atoms with van der Waals surface area (Å²) >= 11 is 0. The van der Waals surface area contributed by atoms with Gasteiger partial charge >= 0.3 is 6.18 Å². The first-order valence-corrected chi connectivity index (χ1v) is 13.0. The van der Waals surface area contributed by atoms with Gasteiger partial charge < -0.3 is 19.9 Å². The molecule has 2 N–H and O–H groups in total. The minimum Gasteiger partial charge on any atom is -0.356 e. The van der Waals surface area contributed by atoms with Gasteiger partial charge in [-0.15, -0.1) is 0 Å². The fraction of sp³-hybridized carbons (Fsp3) is 0.520. The zero-order valence-electron chi connectivity index (χ0n) is 21.5. The van der Waals surface area contributed by atoms with E-state index in [-0.39, 0.29) is 29.2 Å². The van der Waals surface area contributed by atoms with E-state index in [2.05, 4.69) is 47.7 Å². The molecule has 6 rings (SSSR count). The molecule has 6 heterocycles. The highest BCUT2D eigenvalue weighted by atomic mass is 19.4. The van der Waals surface area contributed by atoms with Crippen molar-refractivity contribution in [2.24, 2.45) is 0 Å². The molecule has 0 saturated carbocycles. The first-order valence-electron chi connectivity index (χ1n) is 13.0. The summed E-state index contributed by atoms with van der Waals surface area (Å²) in [6.45, 7) is 4.95. The molecule has 2 saturated heterocycles. The van der Waals surface area contributed by atoms with Gasteiger partial charge in [0.25, 0.3) is 0 Å². The van der Waals surface area contributed by atoms with E-state index in [0.29, 0.717) is 48.2 Å². The van der Waals surface area contributed by atoms with Gasteiger partial charge in [-0.2, -0.15) is 23.3 Å². The van der Waals surface area contributed by atoms with E-state index in [1.54, 1.807) is 23.7 Å². The number of nitrogens with one attached hydrogen (secondary N) is 2. The summed E-state index contributed by atoms with van der Waals surface area (Å²) in [4.78, 5) is 17.3. The van der Waals surface area contributed by atoms with Crippen molar-refractivity contribution in [2.45, 2.75) is 70.4 Å². The first kappa shape index (κ1) is 25.6. The van der Waals surface area contributed by atoms with Crippen LogP contribution in [0.2, 0.25) is 0 Å². The van der Waals surface area contributed by atoms with Crippen LogP contribution in [0.1, 0.15) is 56.7 Å². The summed E-state index contributed by atoms with van der Waals surface area (Å²) in [7, 11) is 0. The molecular weight excluding hydrogens is 515 g/mol. The maximum absolute atomic E-state index is 14.2. The van der Waals surface area contributed by atoms with Crippen LogP contribution in [0.4, 0.5) is 19.1 Å². The number of rotatable bonds is 5. The second-order valence-electron chi connectivity index (χ2n) is 10.0. The highest BCUT2D eigenvalue weighted by Crippen LogP contribution is 2.39. The van der Waals surface area contributed by atoms with Crippen molar-refractivity contribution in [2.75, 3.05) is 18.5 Å². The second kappa shape index (κ2) is 10.2. The van der Waals surface area contributed by atoms with E-state index >= 15 is 0 Å². The van der Waals surface area contributed by atoms with Gasteiger partial charge in [0.1, 0.15) is 22.6 Å². The number of hydrogen-bond acceptors (Lipinski definition) is 10. The van der Waals surface area contributed by atoms with Crippen molar-refractivity contribution < 1.29 is 22.4 Å². The Kier molecular flexibility index (Phi) is 6.67. The number of aromatic nitrogens is 7. The molecule has 2 fully saturated rings. The lowest BCUT2D eigenvalue weighted by atomic mass is 10.0. The fourth-order valence-corrected chi connectivity index (χ4v) is 4.98. The predicted molar refractivity (Wildman–Crippen MR) is 135 cm³/mol. The van der Waals surface area contributed by atoms with Crippen LogP contribution in [0.25, 0.3) is 33.9 Å². The number of alkyl halides is 3. The Morgan fingerprint density at radius 1 is 1.08 bits per heavy atom. The van der Waals surface area contributed by atoms with E-state index in [4.69, 9.17) is 9.26 Å². The number of piperidine rings is 1. The van der Waals surface area contributed by atoms with Gasteiger partial charge in [0.05, 0.1) is 0 Å². The van der Waals surface area contributed by atoms with Gasteiger partial charge in [0, 0.05) is 43.7 Å². The lowest BCUT2D eigenvalue weighted by Crippen LogP contribution is -2.43. The summed E-state index contributed by atoms with van der Waals surface area (Å²) in [5, 5.41) is 15.5. The Morgan fingerprint density at radius 2 is 1.95 bits per heavy atom. The Bertz CT molecular complexity index is 1470. The van der Waals surface area contributed by atoms with Crippen LogP contribution in [0, 0.1) is 6.92 Å². The van der Waals surface area contributed by atoms with Gasteiger partial charge in [-0.3, -0.25) is 0 Å². The average molecular weight is 544 g/mol. The van der Waals surface area contributed by atoms with E-state index in [0.717, 1.165) is 31.9 Å². The van der Waals surface area contributed by atoms with Gasteiger partial charge in [-0.05, 0) is 51.2 Å². The maximum atomic E-state index is 14.2. The van der Waals surface area contributed by atoms with Gasteiger partial charge in [0.15, 0.2) is 11.9 Å². The van der Waals surface area contributed by atoms with Gasteiger partial charge in [-0.25, -0.2) is 19.6 Å². The molecule has 0 bridgehead atoms. The minimum atomic E-state index is -4.69. The van der Waals surface area contributed by atoms with Crippen molar-refractivity contribution >= 4 is 17.0 Å². The highest BCUT2D eigenvalue weighted by Gasteiger charge is 2.37. The topological polar surface area (TPSA) is 129 Å². The number of anilines is 1. The third-order valence-electron chi connectivity index (χ3n) is 7.05. The van der Waals surface area contributed by atoms with E-state index in [9.17, 15) is 13.2 Å². The summed E-state index contributed by atoms with van der Waals surface area (Å²) < 4.78 is 55.2. The highest BCUT2D eigenvalue weighted by molar-refractivity contribution is 5.92. The van der Waals surface area contributed by atoms with E-state index in [1.165, 1.54) is 0 Å². The van der Waals surface area contributed by atoms with Crippen molar-refractivity contribution in [3.8, 4) is 22.9 Å². The number of ether oxygens (including phenoxy) is 1. The number of fused-ring (bicyclic) bond motifs is 1. The second-order valence-corrected chi connectivity index (χ2v) is 10.0. The molecule has 11 nitrogen and oxygen atoms in total. The number of halogens is 3. The molecule has 0 aromatic carbocycles. The molecule has 0 amide bonds. The molecule has 206 valence electrons. The molecule has 0 spiro atoms. The smallest absolute Gasteiger partial charge is 0.356 e. The normalized spacial score (nSPS) is 22.3. The molecule has 4 aromatic heterocycles. The van der Waals surface area contributed by atoms with Crippen molar-refractivity contribution in [3.63, 3.8) is 0 Å². The average Bonchev–Trinajstić information content (AvgIpc) is 3.53. The predicted octanol–water partition coefficient (Wildman–Crippen LogP) is 4.52. The van der Waals surface area contributed by atoms with Crippen LogP contribution in [0.3, 0.4) is 0 Å². The zero-order chi connectivity index (χ0) is 27.1. The van der Waals surface area contributed by atoms with Crippen LogP contribution in [0.5, 0.6) is 0 Å². The van der Waals surface area contributed by atoms with Crippen LogP contribution in [-0.2, 0) is 10.9 Å². The Balaban J connectivity index is 1.48. The Labute approximate surface area is 221 Å². The molecular formula is C25H28F3N9O2. The molecule has 0 radical (unpaired) electrons. The largest absolute Gasteiger partial charge is 0.420 e. The number of pyridine rings is 1. The van der Waals surface area contributed by atoms with E-state index < -0.39 is 18.0 Å². The van der Waals surface area contributed by atoms with Gasteiger partial charge in [0.2, 0.25) is 17.7 Å². The summed E-state index contributed by atoms with van der Waals surface area (Å²) in [5.41, 5.74) is -0.485. The Morgan fingerprint density at radius 3 is 2.64 bits per heavy atom. The van der Waals surface area contributed by atoms with Crippen LogP contribution >= 0.6 is 0 Å². The lowest BCUT2D eigenvalue weighted by Gasteiger charge is -2.28. The maximum Gasteiger partial charge on any atom is 0.420 e. The standard InChI is InChI=1S/C25H28F3N9O2/c1-13-6-7-15(11-29-13)32-24-30-12-17(25(26,27)28)21(34-24)20-16-8-9-18(22-31-14(2)39-36-22)33-23(16)37(35-20)19-5-3-4-10-38-19/h8-9,12-13,15,19,29H,3-7,10-11H2,1-2H3,(H,30,32,34)/t13-,15-,19?/m0/s1. The molecule has 14 heteroatoms. The van der Waals surface area contributed by atoms with Crippen LogP contribution in [-0.4, -0.2) is 60.1 Å². The molecule has 1 unspecified atom stereocenters. The lowest BCUT2D eigenvalue weighted by molar-refractivity contribution is -0.137. The molecule has 0 aliphatic carbocycles. The molecule has 3 atom stereocenters. The molecule has 4 aromatic rings. The molecule has 39 heavy (non-hydrogen) atoms.